The number of benzene rings is 2. The molecule has 0 aliphatic carbocycles. The summed E-state index contributed by atoms with van der Waals surface area (Å²) in [5.74, 6) is -0.518. The van der Waals surface area contributed by atoms with Crippen LogP contribution in [0, 0.1) is 6.92 Å². The Kier molecular flexibility index (Phi) is 7.54. The zero-order valence-electron chi connectivity index (χ0n) is 16.8. The molecule has 0 atom stereocenters. The Labute approximate surface area is 188 Å². The summed E-state index contributed by atoms with van der Waals surface area (Å²) in [6, 6.07) is 16.1. The highest BCUT2D eigenvalue weighted by Crippen LogP contribution is 2.36. The fraction of sp³-hybridized carbons (Fsp3) is 0.182. The lowest BCUT2D eigenvalue weighted by Crippen LogP contribution is -2.21. The number of nitrogens with one attached hydrogen (secondary N) is 2. The third-order valence-electron chi connectivity index (χ3n) is 4.11. The number of hydrogen-bond donors (Lipinski definition) is 2. The highest BCUT2D eigenvalue weighted by atomic mass is 32.1. The van der Waals surface area contributed by atoms with Gasteiger partial charge in [0, 0.05) is 4.88 Å². The number of thiocarbonyl (C=S) groups is 1. The van der Waals surface area contributed by atoms with Crippen LogP contribution in [0.2, 0.25) is 0 Å². The summed E-state index contributed by atoms with van der Waals surface area (Å²) in [5, 5.41) is 6.46. The molecule has 0 bridgehead atoms. The number of carbonyl (C=O) groups excluding carboxylic acids is 1. The van der Waals surface area contributed by atoms with Crippen LogP contribution in [0.1, 0.15) is 22.8 Å². The third kappa shape index (κ3) is 5.99. The Balaban J connectivity index is 1.86. The molecule has 3 rings (SSSR count). The molecule has 0 aliphatic heterocycles. The molecule has 0 saturated heterocycles. The van der Waals surface area contributed by atoms with Crippen LogP contribution in [0.4, 0.5) is 19.5 Å². The quantitative estimate of drug-likeness (QED) is 0.317. The van der Waals surface area contributed by atoms with E-state index in [1.165, 1.54) is 17.4 Å². The monoisotopic (exact) mass is 462 g/mol. The molecule has 1 aromatic heterocycles. The van der Waals surface area contributed by atoms with Gasteiger partial charge in [0.05, 0.1) is 17.9 Å². The number of alkyl halides is 2. The Morgan fingerprint density at radius 1 is 1.13 bits per heavy atom. The SMILES string of the molecule is CCOC(=O)c1cc(-c2ccccc2)sc1NC(=S)Nc1cc(C)ccc1OC(F)F. The lowest BCUT2D eigenvalue weighted by Gasteiger charge is -2.15. The first-order chi connectivity index (χ1) is 14.9. The molecule has 2 N–H and O–H groups in total. The van der Waals surface area contributed by atoms with Crippen molar-refractivity contribution in [2.75, 3.05) is 17.2 Å². The van der Waals surface area contributed by atoms with E-state index in [0.29, 0.717) is 10.6 Å². The molecule has 0 amide bonds. The van der Waals surface area contributed by atoms with Crippen LogP contribution < -0.4 is 15.4 Å². The molecule has 3 aromatic rings. The summed E-state index contributed by atoms with van der Waals surface area (Å²) in [7, 11) is 0. The zero-order chi connectivity index (χ0) is 22.4. The molecule has 0 fully saturated rings. The number of esters is 1. The topological polar surface area (TPSA) is 59.6 Å². The van der Waals surface area contributed by atoms with E-state index in [4.69, 9.17) is 17.0 Å². The molecule has 9 heteroatoms. The maximum atomic E-state index is 12.7. The first-order valence-electron chi connectivity index (χ1n) is 9.37. The number of anilines is 2. The van der Waals surface area contributed by atoms with Gasteiger partial charge >= 0.3 is 12.6 Å². The van der Waals surface area contributed by atoms with Crippen molar-refractivity contribution in [2.45, 2.75) is 20.5 Å². The highest BCUT2D eigenvalue weighted by Gasteiger charge is 2.19. The molecule has 162 valence electrons. The molecule has 0 radical (unpaired) electrons. The van der Waals surface area contributed by atoms with E-state index in [2.05, 4.69) is 15.4 Å². The number of halogens is 2. The van der Waals surface area contributed by atoms with Crippen molar-refractivity contribution in [2.24, 2.45) is 0 Å². The largest absolute Gasteiger partial charge is 0.462 e. The molecular weight excluding hydrogens is 442 g/mol. The van der Waals surface area contributed by atoms with Gasteiger partial charge in [-0.2, -0.15) is 8.78 Å². The molecule has 2 aromatic carbocycles. The maximum Gasteiger partial charge on any atom is 0.387 e. The van der Waals surface area contributed by atoms with E-state index < -0.39 is 12.6 Å². The molecule has 0 saturated carbocycles. The third-order valence-corrected chi connectivity index (χ3v) is 5.42. The van der Waals surface area contributed by atoms with Gasteiger partial charge in [-0.25, -0.2) is 4.79 Å². The van der Waals surface area contributed by atoms with E-state index >= 15 is 0 Å². The number of aryl methyl sites for hydroxylation is 1. The normalized spacial score (nSPS) is 10.6. The fourth-order valence-electron chi connectivity index (χ4n) is 2.79. The molecule has 0 spiro atoms. The Morgan fingerprint density at radius 3 is 2.55 bits per heavy atom. The standard InChI is InChI=1S/C22H20F2N2O3S2/c1-3-28-20(27)15-12-18(14-7-5-4-6-8-14)31-19(15)26-22(30)25-16-11-13(2)9-10-17(16)29-21(23)24/h4-12,21H,3H2,1-2H3,(H2,25,26,30). The van der Waals surface area contributed by atoms with Gasteiger partial charge in [0.2, 0.25) is 0 Å². The van der Waals surface area contributed by atoms with Crippen molar-refractivity contribution in [3.63, 3.8) is 0 Å². The van der Waals surface area contributed by atoms with Crippen LogP contribution in [0.5, 0.6) is 5.75 Å². The first kappa shape index (κ1) is 22.6. The molecule has 5 nitrogen and oxygen atoms in total. The Bertz CT molecular complexity index is 1070. The second-order valence-corrected chi connectivity index (χ2v) is 7.86. The number of thiophene rings is 1. The van der Waals surface area contributed by atoms with Gasteiger partial charge in [-0.1, -0.05) is 36.4 Å². The van der Waals surface area contributed by atoms with Crippen LogP contribution >= 0.6 is 23.6 Å². The van der Waals surface area contributed by atoms with Crippen molar-refractivity contribution < 1.29 is 23.0 Å². The summed E-state index contributed by atoms with van der Waals surface area (Å²) < 4.78 is 35.1. The molecule has 0 aliphatic rings. The van der Waals surface area contributed by atoms with Crippen LogP contribution in [0.3, 0.4) is 0 Å². The Morgan fingerprint density at radius 2 is 1.87 bits per heavy atom. The van der Waals surface area contributed by atoms with Crippen LogP contribution in [-0.4, -0.2) is 24.3 Å². The number of rotatable bonds is 7. The van der Waals surface area contributed by atoms with Gasteiger partial charge in [-0.3, -0.25) is 0 Å². The maximum absolute atomic E-state index is 12.7. The summed E-state index contributed by atoms with van der Waals surface area (Å²) in [6.07, 6.45) is 0. The van der Waals surface area contributed by atoms with Crippen molar-refractivity contribution >= 4 is 45.3 Å². The second kappa shape index (κ2) is 10.3. The van der Waals surface area contributed by atoms with E-state index in [-0.39, 0.29) is 23.2 Å². The van der Waals surface area contributed by atoms with Crippen molar-refractivity contribution in [1.29, 1.82) is 0 Å². The van der Waals surface area contributed by atoms with Gasteiger partial charge < -0.3 is 20.1 Å². The predicted octanol–water partition coefficient (Wildman–Crippen LogP) is 6.31. The zero-order valence-corrected chi connectivity index (χ0v) is 18.4. The van der Waals surface area contributed by atoms with Gasteiger partial charge in [0.1, 0.15) is 10.8 Å². The second-order valence-electron chi connectivity index (χ2n) is 6.40. The summed E-state index contributed by atoms with van der Waals surface area (Å²) in [4.78, 5) is 13.3. The van der Waals surface area contributed by atoms with Crippen molar-refractivity contribution in [1.82, 2.24) is 0 Å². The molecule has 0 unspecified atom stereocenters. The number of hydrogen-bond acceptors (Lipinski definition) is 5. The van der Waals surface area contributed by atoms with Gasteiger partial charge in [0.25, 0.3) is 0 Å². The van der Waals surface area contributed by atoms with Crippen LogP contribution in [0.15, 0.2) is 54.6 Å². The smallest absolute Gasteiger partial charge is 0.387 e. The lowest BCUT2D eigenvalue weighted by atomic mass is 10.1. The average molecular weight is 463 g/mol. The van der Waals surface area contributed by atoms with Crippen molar-refractivity contribution in [3.05, 3.63) is 65.7 Å². The summed E-state index contributed by atoms with van der Waals surface area (Å²) >= 11 is 6.69. The molecular formula is C22H20F2N2O3S2. The Hall–Kier alpha value is -3.04. The molecule has 1 heterocycles. The average Bonchev–Trinajstić information content (AvgIpc) is 3.14. The first-order valence-corrected chi connectivity index (χ1v) is 10.6. The summed E-state index contributed by atoms with van der Waals surface area (Å²) in [6.45, 7) is 0.808. The highest BCUT2D eigenvalue weighted by molar-refractivity contribution is 7.80. The van der Waals surface area contributed by atoms with Gasteiger partial charge in [0.15, 0.2) is 5.11 Å². The summed E-state index contributed by atoms with van der Waals surface area (Å²) in [5.41, 5.74) is 2.40. The van der Waals surface area contributed by atoms with Crippen LogP contribution in [0.25, 0.3) is 10.4 Å². The molecule has 31 heavy (non-hydrogen) atoms. The predicted molar refractivity (Wildman–Crippen MR) is 123 cm³/mol. The van der Waals surface area contributed by atoms with Gasteiger partial charge in [-0.15, -0.1) is 11.3 Å². The minimum absolute atomic E-state index is 0.0356. The van der Waals surface area contributed by atoms with E-state index in [0.717, 1.165) is 16.0 Å². The van der Waals surface area contributed by atoms with Crippen molar-refractivity contribution in [3.8, 4) is 16.2 Å². The lowest BCUT2D eigenvalue weighted by molar-refractivity contribution is -0.0493. The minimum Gasteiger partial charge on any atom is -0.462 e. The van der Waals surface area contributed by atoms with Gasteiger partial charge in [-0.05, 0) is 55.4 Å². The fourth-order valence-corrected chi connectivity index (χ4v) is 4.12. The number of carbonyl (C=O) groups is 1. The van der Waals surface area contributed by atoms with Crippen LogP contribution in [-0.2, 0) is 4.74 Å². The van der Waals surface area contributed by atoms with E-state index in [1.54, 1.807) is 25.1 Å². The van der Waals surface area contributed by atoms with E-state index in [9.17, 15) is 13.6 Å². The number of ether oxygens (including phenoxy) is 2. The van der Waals surface area contributed by atoms with E-state index in [1.807, 2.05) is 37.3 Å². The minimum atomic E-state index is -2.97.